The van der Waals surface area contributed by atoms with Crippen molar-refractivity contribution in [2.24, 2.45) is 5.73 Å². The van der Waals surface area contributed by atoms with Crippen LogP contribution in [-0.4, -0.2) is 35.5 Å². The van der Waals surface area contributed by atoms with Crippen molar-refractivity contribution in [3.8, 4) is 0 Å². The second kappa shape index (κ2) is 4.41. The van der Waals surface area contributed by atoms with Crippen molar-refractivity contribution in [2.75, 3.05) is 18.0 Å². The van der Waals surface area contributed by atoms with E-state index in [-0.39, 0.29) is 0 Å². The Bertz CT molecular complexity index is 371. The molecule has 1 saturated heterocycles. The molecule has 1 aliphatic rings. The number of rotatable bonds is 2. The first kappa shape index (κ1) is 11.4. The van der Waals surface area contributed by atoms with Crippen LogP contribution in [0.25, 0.3) is 0 Å². The van der Waals surface area contributed by atoms with Crippen LogP contribution in [0.2, 0.25) is 0 Å². The van der Waals surface area contributed by atoms with Crippen LogP contribution in [0.5, 0.6) is 0 Å². The van der Waals surface area contributed by atoms with Gasteiger partial charge in [-0.1, -0.05) is 12.1 Å². The summed E-state index contributed by atoms with van der Waals surface area (Å²) in [4.78, 5) is 1.99. The van der Waals surface area contributed by atoms with Gasteiger partial charge >= 0.3 is 0 Å². The third-order valence-electron chi connectivity index (χ3n) is 3.06. The van der Waals surface area contributed by atoms with Gasteiger partial charge in [0.15, 0.2) is 0 Å². The number of aliphatic hydroxyl groups is 2. The molecule has 1 aromatic carbocycles. The number of hydrogen-bond donors (Lipinski definition) is 3. The van der Waals surface area contributed by atoms with Crippen molar-refractivity contribution in [3.63, 3.8) is 0 Å². The molecular formula is C12H18N2O2. The highest BCUT2D eigenvalue weighted by Gasteiger charge is 2.30. The number of benzene rings is 1. The Morgan fingerprint density at radius 1 is 1.31 bits per heavy atom. The highest BCUT2D eigenvalue weighted by Crippen LogP contribution is 2.25. The predicted molar refractivity (Wildman–Crippen MR) is 63.3 cm³/mol. The van der Waals surface area contributed by atoms with E-state index in [9.17, 15) is 10.2 Å². The van der Waals surface area contributed by atoms with Gasteiger partial charge in [0.25, 0.3) is 0 Å². The monoisotopic (exact) mass is 222 g/mol. The van der Waals surface area contributed by atoms with E-state index in [1.54, 1.807) is 0 Å². The summed E-state index contributed by atoms with van der Waals surface area (Å²) < 4.78 is 0. The molecule has 1 aromatic rings. The van der Waals surface area contributed by atoms with Crippen molar-refractivity contribution >= 4 is 5.69 Å². The van der Waals surface area contributed by atoms with Gasteiger partial charge < -0.3 is 20.8 Å². The number of hydrogen-bond acceptors (Lipinski definition) is 4. The molecule has 4 N–H and O–H groups in total. The molecule has 4 heteroatoms. The van der Waals surface area contributed by atoms with Gasteiger partial charge in [0.05, 0.1) is 12.2 Å². The van der Waals surface area contributed by atoms with Gasteiger partial charge in [0.1, 0.15) is 0 Å². The van der Waals surface area contributed by atoms with Crippen molar-refractivity contribution in [1.82, 2.24) is 0 Å². The fraction of sp³-hybridized carbons (Fsp3) is 0.500. The largest absolute Gasteiger partial charge is 0.389 e. The maximum atomic E-state index is 9.54. The molecule has 2 rings (SSSR count). The molecule has 0 spiro atoms. The van der Waals surface area contributed by atoms with Gasteiger partial charge in [-0.05, 0) is 24.1 Å². The molecule has 1 aliphatic heterocycles. The lowest BCUT2D eigenvalue weighted by Gasteiger charge is -2.21. The zero-order chi connectivity index (χ0) is 11.7. The van der Waals surface area contributed by atoms with Crippen LogP contribution in [0.3, 0.4) is 0 Å². The van der Waals surface area contributed by atoms with Gasteiger partial charge in [-0.15, -0.1) is 0 Å². The van der Waals surface area contributed by atoms with E-state index < -0.39 is 12.2 Å². The third kappa shape index (κ3) is 2.04. The van der Waals surface area contributed by atoms with Crippen molar-refractivity contribution in [1.29, 1.82) is 0 Å². The van der Waals surface area contributed by atoms with E-state index in [4.69, 9.17) is 5.73 Å². The summed E-state index contributed by atoms with van der Waals surface area (Å²) in [5.41, 5.74) is 8.92. The van der Waals surface area contributed by atoms with Crippen LogP contribution in [0, 0.1) is 6.92 Å². The molecule has 2 atom stereocenters. The highest BCUT2D eigenvalue weighted by atomic mass is 16.3. The van der Waals surface area contributed by atoms with Gasteiger partial charge in [-0.25, -0.2) is 0 Å². The van der Waals surface area contributed by atoms with E-state index in [2.05, 4.69) is 0 Å². The number of anilines is 1. The lowest BCUT2D eigenvalue weighted by Crippen LogP contribution is -2.23. The normalized spacial score (nSPS) is 25.1. The minimum atomic E-state index is -0.661. The minimum absolute atomic E-state index is 0.470. The Morgan fingerprint density at radius 3 is 2.50 bits per heavy atom. The van der Waals surface area contributed by atoms with E-state index in [0.29, 0.717) is 19.6 Å². The topological polar surface area (TPSA) is 69.7 Å². The summed E-state index contributed by atoms with van der Waals surface area (Å²) in [7, 11) is 0. The summed E-state index contributed by atoms with van der Waals surface area (Å²) in [5.74, 6) is 0. The maximum absolute atomic E-state index is 9.54. The van der Waals surface area contributed by atoms with E-state index in [1.165, 1.54) is 0 Å². The fourth-order valence-electron chi connectivity index (χ4n) is 2.11. The van der Waals surface area contributed by atoms with Gasteiger partial charge in [-0.2, -0.15) is 0 Å². The lowest BCUT2D eigenvalue weighted by molar-refractivity contribution is 0.0572. The summed E-state index contributed by atoms with van der Waals surface area (Å²) in [5, 5.41) is 19.1. The smallest absolute Gasteiger partial charge is 0.0990 e. The molecule has 4 nitrogen and oxygen atoms in total. The van der Waals surface area contributed by atoms with Gasteiger partial charge in [0.2, 0.25) is 0 Å². The van der Waals surface area contributed by atoms with E-state index >= 15 is 0 Å². The molecule has 0 amide bonds. The zero-order valence-corrected chi connectivity index (χ0v) is 9.43. The van der Waals surface area contributed by atoms with E-state index in [0.717, 1.165) is 16.8 Å². The van der Waals surface area contributed by atoms with E-state index in [1.807, 2.05) is 30.0 Å². The number of β-amino-alcohol motifs (C(OH)–C–C–N with tert-alkyl or cyclic N) is 2. The fourth-order valence-corrected chi connectivity index (χ4v) is 2.11. The first-order valence-corrected chi connectivity index (χ1v) is 5.52. The number of aryl methyl sites for hydroxylation is 1. The zero-order valence-electron chi connectivity index (χ0n) is 9.43. The average Bonchev–Trinajstić information content (AvgIpc) is 2.59. The SMILES string of the molecule is Cc1ccc(CN)c(N2CC(O)C(O)C2)c1. The Hall–Kier alpha value is -1.10. The van der Waals surface area contributed by atoms with Crippen molar-refractivity contribution < 1.29 is 10.2 Å². The minimum Gasteiger partial charge on any atom is -0.389 e. The molecular weight excluding hydrogens is 204 g/mol. The Labute approximate surface area is 95.3 Å². The standard InChI is InChI=1S/C12H18N2O2/c1-8-2-3-9(5-13)10(4-8)14-6-11(15)12(16)7-14/h2-4,11-12,15-16H,5-7,13H2,1H3. The number of aliphatic hydroxyl groups excluding tert-OH is 2. The van der Waals surface area contributed by atoms with Crippen molar-refractivity contribution in [3.05, 3.63) is 29.3 Å². The molecule has 88 valence electrons. The molecule has 0 aromatic heterocycles. The Morgan fingerprint density at radius 2 is 1.94 bits per heavy atom. The van der Waals surface area contributed by atoms with Crippen LogP contribution < -0.4 is 10.6 Å². The first-order valence-electron chi connectivity index (χ1n) is 5.52. The Kier molecular flexibility index (Phi) is 3.14. The molecule has 0 saturated carbocycles. The van der Waals surface area contributed by atoms with Crippen LogP contribution in [0.1, 0.15) is 11.1 Å². The highest BCUT2D eigenvalue weighted by molar-refractivity contribution is 5.56. The molecule has 0 bridgehead atoms. The van der Waals surface area contributed by atoms with Crippen molar-refractivity contribution in [2.45, 2.75) is 25.7 Å². The number of nitrogens with zero attached hydrogens (tertiary/aromatic N) is 1. The molecule has 0 aliphatic carbocycles. The second-order valence-electron chi connectivity index (χ2n) is 4.38. The molecule has 16 heavy (non-hydrogen) atoms. The predicted octanol–water partition coefficient (Wildman–Crippen LogP) is -0.00448. The molecule has 0 radical (unpaired) electrons. The summed E-state index contributed by atoms with van der Waals surface area (Å²) in [6.45, 7) is 3.43. The molecule has 1 fully saturated rings. The molecule has 2 unspecified atom stereocenters. The lowest BCUT2D eigenvalue weighted by atomic mass is 10.1. The average molecular weight is 222 g/mol. The van der Waals surface area contributed by atoms with Crippen LogP contribution in [0.15, 0.2) is 18.2 Å². The van der Waals surface area contributed by atoms with Crippen LogP contribution in [0.4, 0.5) is 5.69 Å². The number of nitrogens with two attached hydrogens (primary N) is 1. The third-order valence-corrected chi connectivity index (χ3v) is 3.06. The van der Waals surface area contributed by atoms with Crippen LogP contribution in [-0.2, 0) is 6.54 Å². The summed E-state index contributed by atoms with van der Waals surface area (Å²) in [6.07, 6.45) is -1.32. The quantitative estimate of drug-likeness (QED) is 0.658. The first-order chi connectivity index (χ1) is 7.61. The van der Waals surface area contributed by atoms with Gasteiger partial charge in [-0.3, -0.25) is 0 Å². The van der Waals surface area contributed by atoms with Gasteiger partial charge in [0, 0.05) is 25.3 Å². The second-order valence-corrected chi connectivity index (χ2v) is 4.38. The summed E-state index contributed by atoms with van der Waals surface area (Å²) >= 11 is 0. The van der Waals surface area contributed by atoms with Crippen LogP contribution >= 0.6 is 0 Å². The maximum Gasteiger partial charge on any atom is 0.0990 e. The molecule has 1 heterocycles. The Balaban J connectivity index is 2.29. The summed E-state index contributed by atoms with van der Waals surface area (Å²) in [6, 6.07) is 6.07.